The molecule has 3 fully saturated rings. The highest BCUT2D eigenvalue weighted by molar-refractivity contribution is 5.22. The van der Waals surface area contributed by atoms with E-state index < -0.39 is 0 Å². The first-order valence-corrected chi connectivity index (χ1v) is 8.29. The average Bonchev–Trinajstić information content (AvgIpc) is 3.11. The first kappa shape index (κ1) is 12.8. The third-order valence-corrected chi connectivity index (χ3v) is 6.04. The maximum atomic E-state index is 13.9. The molecule has 2 aliphatic carbocycles. The maximum absolute atomic E-state index is 13.9. The van der Waals surface area contributed by atoms with Gasteiger partial charge in [0.2, 0.25) is 0 Å². The molecule has 2 saturated carbocycles. The molecule has 1 aromatic carbocycles. The van der Waals surface area contributed by atoms with E-state index in [4.69, 9.17) is 0 Å². The Balaban J connectivity index is 1.40. The molecule has 108 valence electrons. The van der Waals surface area contributed by atoms with Gasteiger partial charge in [0.25, 0.3) is 0 Å². The number of halogens is 1. The maximum Gasteiger partial charge on any atom is 0.126 e. The summed E-state index contributed by atoms with van der Waals surface area (Å²) in [7, 11) is 0. The largest absolute Gasteiger partial charge is 0.300 e. The summed E-state index contributed by atoms with van der Waals surface area (Å²) in [5, 5.41) is 0. The molecule has 1 heterocycles. The Labute approximate surface area is 121 Å². The summed E-state index contributed by atoms with van der Waals surface area (Å²) < 4.78 is 13.9. The van der Waals surface area contributed by atoms with Gasteiger partial charge in [0, 0.05) is 6.04 Å². The minimum absolute atomic E-state index is 0.00845. The van der Waals surface area contributed by atoms with Crippen molar-refractivity contribution in [3.8, 4) is 0 Å². The van der Waals surface area contributed by atoms with Crippen LogP contribution in [-0.4, -0.2) is 24.0 Å². The van der Waals surface area contributed by atoms with Crippen molar-refractivity contribution >= 4 is 0 Å². The van der Waals surface area contributed by atoms with E-state index in [9.17, 15) is 4.39 Å². The van der Waals surface area contributed by atoms with Crippen LogP contribution in [0.15, 0.2) is 24.3 Å². The van der Waals surface area contributed by atoms with Crippen LogP contribution in [0.2, 0.25) is 0 Å². The molecule has 0 N–H and O–H groups in total. The van der Waals surface area contributed by atoms with E-state index >= 15 is 0 Å². The molecule has 1 nitrogen and oxygen atoms in total. The van der Waals surface area contributed by atoms with Crippen LogP contribution in [-0.2, 0) is 0 Å². The smallest absolute Gasteiger partial charge is 0.126 e. The monoisotopic (exact) mass is 273 g/mol. The summed E-state index contributed by atoms with van der Waals surface area (Å²) in [6, 6.07) is 8.21. The van der Waals surface area contributed by atoms with Gasteiger partial charge in [-0.1, -0.05) is 24.6 Å². The number of fused-ring (bicyclic) bond motifs is 2. The summed E-state index contributed by atoms with van der Waals surface area (Å²) in [5.41, 5.74) is 0.945. The zero-order valence-electron chi connectivity index (χ0n) is 12.1. The third kappa shape index (κ3) is 2.18. The number of likely N-dealkylation sites (tertiary alicyclic amines) is 1. The highest BCUT2D eigenvalue weighted by Crippen LogP contribution is 2.47. The van der Waals surface area contributed by atoms with E-state index in [1.165, 1.54) is 38.8 Å². The number of piperidine rings is 1. The summed E-state index contributed by atoms with van der Waals surface area (Å²) in [6.45, 7) is 2.35. The lowest BCUT2D eigenvalue weighted by Crippen LogP contribution is -2.43. The lowest BCUT2D eigenvalue weighted by atomic mass is 9.86. The molecule has 1 saturated heterocycles. The summed E-state index contributed by atoms with van der Waals surface area (Å²) in [4.78, 5) is 2.72. The predicted molar refractivity (Wildman–Crippen MR) is 79.2 cm³/mol. The van der Waals surface area contributed by atoms with Crippen molar-refractivity contribution < 1.29 is 4.39 Å². The Hall–Kier alpha value is -0.890. The Morgan fingerprint density at radius 3 is 2.40 bits per heavy atom. The Morgan fingerprint density at radius 2 is 1.75 bits per heavy atom. The number of rotatable bonds is 2. The quantitative estimate of drug-likeness (QED) is 0.781. The van der Waals surface area contributed by atoms with Crippen molar-refractivity contribution in [2.45, 2.75) is 50.5 Å². The normalized spacial score (nSPS) is 34.8. The van der Waals surface area contributed by atoms with E-state index in [2.05, 4.69) is 4.90 Å². The molecule has 4 rings (SSSR count). The van der Waals surface area contributed by atoms with Gasteiger partial charge in [-0.3, -0.25) is 0 Å². The Morgan fingerprint density at radius 1 is 0.950 bits per heavy atom. The zero-order valence-corrected chi connectivity index (χ0v) is 12.1. The zero-order chi connectivity index (χ0) is 13.5. The predicted octanol–water partition coefficient (Wildman–Crippen LogP) is 4.19. The second kappa shape index (κ2) is 5.14. The summed E-state index contributed by atoms with van der Waals surface area (Å²) >= 11 is 0. The van der Waals surface area contributed by atoms with Crippen LogP contribution in [0, 0.1) is 17.7 Å². The highest BCUT2D eigenvalue weighted by atomic mass is 19.1. The van der Waals surface area contributed by atoms with E-state index in [1.807, 2.05) is 12.1 Å². The van der Waals surface area contributed by atoms with Gasteiger partial charge in [0.1, 0.15) is 5.82 Å². The molecule has 0 unspecified atom stereocenters. The second-order valence-electron chi connectivity index (χ2n) is 7.07. The van der Waals surface area contributed by atoms with Crippen LogP contribution in [0.5, 0.6) is 0 Å². The van der Waals surface area contributed by atoms with Crippen LogP contribution < -0.4 is 0 Å². The van der Waals surface area contributed by atoms with Gasteiger partial charge >= 0.3 is 0 Å². The van der Waals surface area contributed by atoms with E-state index in [-0.39, 0.29) is 5.82 Å². The highest BCUT2D eigenvalue weighted by Gasteiger charge is 2.42. The second-order valence-corrected chi connectivity index (χ2v) is 7.07. The number of hydrogen-bond acceptors (Lipinski definition) is 1. The molecule has 2 bridgehead atoms. The summed E-state index contributed by atoms with van der Waals surface area (Å²) in [6.07, 6.45) is 8.13. The van der Waals surface area contributed by atoms with Crippen molar-refractivity contribution in [2.24, 2.45) is 11.8 Å². The van der Waals surface area contributed by atoms with E-state index in [1.54, 1.807) is 12.1 Å². The first-order chi connectivity index (χ1) is 9.81. The van der Waals surface area contributed by atoms with Crippen LogP contribution in [0.4, 0.5) is 4.39 Å². The lowest BCUT2D eigenvalue weighted by Gasteiger charge is -2.39. The van der Waals surface area contributed by atoms with E-state index in [0.717, 1.165) is 36.3 Å². The van der Waals surface area contributed by atoms with Crippen LogP contribution in [0.3, 0.4) is 0 Å². The molecule has 0 aromatic heterocycles. The van der Waals surface area contributed by atoms with Crippen molar-refractivity contribution in [1.29, 1.82) is 0 Å². The fourth-order valence-electron chi connectivity index (χ4n) is 5.01. The molecule has 1 aliphatic heterocycles. The molecule has 3 aliphatic rings. The molecule has 0 radical (unpaired) electrons. The Kier molecular flexibility index (Phi) is 3.30. The fraction of sp³-hybridized carbons (Fsp3) is 0.667. The number of hydrogen-bond donors (Lipinski definition) is 0. The van der Waals surface area contributed by atoms with Crippen molar-refractivity contribution in [3.63, 3.8) is 0 Å². The van der Waals surface area contributed by atoms with E-state index in [0.29, 0.717) is 5.92 Å². The molecular weight excluding hydrogens is 249 g/mol. The topological polar surface area (TPSA) is 3.24 Å². The van der Waals surface area contributed by atoms with Crippen LogP contribution >= 0.6 is 0 Å². The number of nitrogens with zero attached hydrogens (tertiary/aromatic N) is 1. The molecule has 3 atom stereocenters. The lowest BCUT2D eigenvalue weighted by molar-refractivity contribution is 0.110. The van der Waals surface area contributed by atoms with Crippen LogP contribution in [0.25, 0.3) is 0 Å². The standard InChI is InChI=1S/C18H24FN/c19-17-4-2-1-3-16(17)14-7-9-20(10-8-14)18-12-13-5-6-15(18)11-13/h1-4,13-15,18H,5-12H2/t13-,15-,18+/m0/s1. The van der Waals surface area contributed by atoms with Gasteiger partial charge < -0.3 is 4.90 Å². The minimum atomic E-state index is -0.00845. The average molecular weight is 273 g/mol. The SMILES string of the molecule is Fc1ccccc1C1CCN([C@@H]2C[C@H]3CC[C@H]2C3)CC1. The van der Waals surface area contributed by atoms with Crippen molar-refractivity contribution in [3.05, 3.63) is 35.6 Å². The minimum Gasteiger partial charge on any atom is -0.300 e. The van der Waals surface area contributed by atoms with Gasteiger partial charge in [-0.05, 0) is 74.6 Å². The third-order valence-electron chi connectivity index (χ3n) is 6.04. The molecular formula is C18H24FN. The Bertz CT molecular complexity index is 478. The molecule has 20 heavy (non-hydrogen) atoms. The van der Waals surface area contributed by atoms with Gasteiger partial charge in [-0.25, -0.2) is 4.39 Å². The molecule has 0 amide bonds. The molecule has 0 spiro atoms. The van der Waals surface area contributed by atoms with Gasteiger partial charge in [0.15, 0.2) is 0 Å². The van der Waals surface area contributed by atoms with Crippen molar-refractivity contribution in [1.82, 2.24) is 4.90 Å². The number of benzene rings is 1. The van der Waals surface area contributed by atoms with Crippen molar-refractivity contribution in [2.75, 3.05) is 13.1 Å². The van der Waals surface area contributed by atoms with Gasteiger partial charge in [0.05, 0.1) is 0 Å². The fourth-order valence-corrected chi connectivity index (χ4v) is 5.01. The molecule has 1 aromatic rings. The van der Waals surface area contributed by atoms with Gasteiger partial charge in [-0.2, -0.15) is 0 Å². The summed E-state index contributed by atoms with van der Waals surface area (Å²) in [5.74, 6) is 2.43. The van der Waals surface area contributed by atoms with Crippen LogP contribution in [0.1, 0.15) is 50.0 Å². The first-order valence-electron chi connectivity index (χ1n) is 8.29. The van der Waals surface area contributed by atoms with Gasteiger partial charge in [-0.15, -0.1) is 0 Å². The molecule has 2 heteroatoms.